The van der Waals surface area contributed by atoms with Crippen LogP contribution in [0.2, 0.25) is 0 Å². The number of hydrogen-bond acceptors (Lipinski definition) is 5. The Hall–Kier alpha value is -3.31. The van der Waals surface area contributed by atoms with Crippen LogP contribution in [-0.4, -0.2) is 52.9 Å². The zero-order valence-electron chi connectivity index (χ0n) is 15.9. The molecule has 0 aliphatic heterocycles. The van der Waals surface area contributed by atoms with Crippen molar-refractivity contribution >= 4 is 28.9 Å². The molecule has 0 aliphatic rings. The molecule has 1 heterocycles. The van der Waals surface area contributed by atoms with E-state index >= 15 is 0 Å². The molecule has 0 radical (unpaired) electrons. The third-order valence-electron chi connectivity index (χ3n) is 4.05. The topological polar surface area (TPSA) is 88.8 Å². The van der Waals surface area contributed by atoms with Crippen molar-refractivity contribution in [2.45, 2.75) is 20.0 Å². The quantitative estimate of drug-likeness (QED) is 0.397. The van der Waals surface area contributed by atoms with Gasteiger partial charge in [-0.25, -0.2) is 4.85 Å². The molecule has 0 spiro atoms. The number of nitrogens with one attached hydrogen (secondary N) is 2. The third kappa shape index (κ3) is 4.86. The van der Waals surface area contributed by atoms with Crippen LogP contribution in [0.15, 0.2) is 36.5 Å². The van der Waals surface area contributed by atoms with Crippen LogP contribution in [0.25, 0.3) is 10.6 Å². The molecular weight excluding hydrogens is 344 g/mol. The Bertz CT molecular complexity index is 865. The molecule has 0 aliphatic carbocycles. The zero-order chi connectivity index (χ0) is 20.0. The lowest BCUT2D eigenvalue weighted by molar-refractivity contribution is -0.116. The van der Waals surface area contributed by atoms with Crippen molar-refractivity contribution in [2.75, 3.05) is 30.9 Å². The lowest BCUT2D eigenvalue weighted by Gasteiger charge is -2.23. The van der Waals surface area contributed by atoms with E-state index in [1.54, 1.807) is 29.2 Å². The number of aliphatic hydroxyl groups excluding tert-OH is 1. The highest BCUT2D eigenvalue weighted by molar-refractivity contribution is 5.91. The van der Waals surface area contributed by atoms with Crippen LogP contribution in [-0.2, 0) is 4.79 Å². The Labute approximate surface area is 158 Å². The maximum Gasteiger partial charge on any atom is 0.247 e. The number of likely N-dealkylation sites (N-methyl/N-ethyl adjacent to an activating group) is 1. The van der Waals surface area contributed by atoms with E-state index in [1.165, 1.54) is 13.1 Å². The van der Waals surface area contributed by atoms with Crippen molar-refractivity contribution in [1.29, 1.82) is 0 Å². The first-order chi connectivity index (χ1) is 12.9. The zero-order valence-corrected chi connectivity index (χ0v) is 15.9. The number of aromatic amines is 1. The SMILES string of the molecule is [C-]#[N+]c1cn[nH]c1NC(C=C(O)c1cccc(N(CC)C(C)=O)c1)N(C)C. The highest BCUT2D eigenvalue weighted by atomic mass is 16.3. The molecule has 0 bridgehead atoms. The summed E-state index contributed by atoms with van der Waals surface area (Å²) in [6.07, 6.45) is 2.69. The molecule has 8 nitrogen and oxygen atoms in total. The second kappa shape index (κ2) is 8.87. The van der Waals surface area contributed by atoms with E-state index < -0.39 is 0 Å². The summed E-state index contributed by atoms with van der Waals surface area (Å²) in [5, 5.41) is 20.4. The summed E-state index contributed by atoms with van der Waals surface area (Å²) >= 11 is 0. The first kappa shape index (κ1) is 20.0. The smallest absolute Gasteiger partial charge is 0.247 e. The molecule has 0 fully saturated rings. The molecule has 0 saturated carbocycles. The van der Waals surface area contributed by atoms with E-state index in [2.05, 4.69) is 20.4 Å². The second-order valence-corrected chi connectivity index (χ2v) is 6.16. The van der Waals surface area contributed by atoms with E-state index in [1.807, 2.05) is 32.0 Å². The fraction of sp³-hybridized carbons (Fsp3) is 0.316. The molecule has 8 heteroatoms. The van der Waals surface area contributed by atoms with Gasteiger partial charge >= 0.3 is 0 Å². The maximum atomic E-state index is 11.8. The molecule has 1 unspecified atom stereocenters. The minimum absolute atomic E-state index is 0.0585. The van der Waals surface area contributed by atoms with E-state index in [9.17, 15) is 9.90 Å². The van der Waals surface area contributed by atoms with E-state index in [-0.39, 0.29) is 17.8 Å². The first-order valence-corrected chi connectivity index (χ1v) is 8.50. The molecule has 1 atom stereocenters. The predicted molar refractivity (Wildman–Crippen MR) is 107 cm³/mol. The average Bonchev–Trinajstić information content (AvgIpc) is 3.08. The number of carbonyl (C=O) groups is 1. The van der Waals surface area contributed by atoms with Gasteiger partial charge in [0.1, 0.15) is 17.7 Å². The number of amides is 1. The first-order valence-electron chi connectivity index (χ1n) is 8.50. The van der Waals surface area contributed by atoms with E-state index in [4.69, 9.17) is 6.57 Å². The Balaban J connectivity index is 2.30. The Morgan fingerprint density at radius 1 is 1.48 bits per heavy atom. The minimum Gasteiger partial charge on any atom is -0.508 e. The van der Waals surface area contributed by atoms with Crippen molar-refractivity contribution in [3.8, 4) is 0 Å². The maximum absolute atomic E-state index is 11.8. The van der Waals surface area contributed by atoms with Gasteiger partial charge in [-0.1, -0.05) is 12.1 Å². The summed E-state index contributed by atoms with van der Waals surface area (Å²) < 4.78 is 0. The lowest BCUT2D eigenvalue weighted by Crippen LogP contribution is -2.34. The van der Waals surface area contributed by atoms with Gasteiger partial charge in [0.15, 0.2) is 0 Å². The van der Waals surface area contributed by atoms with Gasteiger partial charge in [-0.15, -0.1) is 0 Å². The molecule has 1 amide bonds. The summed E-state index contributed by atoms with van der Waals surface area (Å²) in [5.41, 5.74) is 1.69. The van der Waals surface area contributed by atoms with Crippen LogP contribution in [0, 0.1) is 6.57 Å². The molecule has 27 heavy (non-hydrogen) atoms. The number of carbonyl (C=O) groups excluding carboxylic acids is 1. The highest BCUT2D eigenvalue weighted by Gasteiger charge is 2.15. The molecule has 0 saturated heterocycles. The van der Waals surface area contributed by atoms with Crippen LogP contribution in [0.5, 0.6) is 0 Å². The Kier molecular flexibility index (Phi) is 6.57. The van der Waals surface area contributed by atoms with Crippen LogP contribution < -0.4 is 10.2 Å². The minimum atomic E-state index is -0.385. The van der Waals surface area contributed by atoms with Gasteiger partial charge in [-0.05, 0) is 39.2 Å². The fourth-order valence-corrected chi connectivity index (χ4v) is 2.60. The van der Waals surface area contributed by atoms with Crippen LogP contribution in [0.1, 0.15) is 19.4 Å². The van der Waals surface area contributed by atoms with Crippen LogP contribution in [0.4, 0.5) is 17.2 Å². The second-order valence-electron chi connectivity index (χ2n) is 6.16. The molecule has 2 aromatic rings. The number of rotatable bonds is 7. The van der Waals surface area contributed by atoms with Gasteiger partial charge in [0, 0.05) is 24.7 Å². The van der Waals surface area contributed by atoms with E-state index in [0.717, 1.165) is 5.69 Å². The van der Waals surface area contributed by atoms with Crippen molar-refractivity contribution in [2.24, 2.45) is 0 Å². The van der Waals surface area contributed by atoms with Crippen molar-refractivity contribution in [1.82, 2.24) is 15.1 Å². The van der Waals surface area contributed by atoms with Crippen molar-refractivity contribution in [3.05, 3.63) is 53.5 Å². The highest BCUT2D eigenvalue weighted by Crippen LogP contribution is 2.24. The van der Waals surface area contributed by atoms with Crippen molar-refractivity contribution in [3.63, 3.8) is 0 Å². The van der Waals surface area contributed by atoms with Gasteiger partial charge < -0.3 is 15.3 Å². The lowest BCUT2D eigenvalue weighted by atomic mass is 10.1. The van der Waals surface area contributed by atoms with E-state index in [0.29, 0.717) is 23.6 Å². The number of anilines is 2. The average molecular weight is 368 g/mol. The largest absolute Gasteiger partial charge is 0.508 e. The number of H-pyrrole nitrogens is 1. The summed E-state index contributed by atoms with van der Waals surface area (Å²) in [5.74, 6) is 0.485. The molecule has 1 aromatic heterocycles. The number of nitrogens with zero attached hydrogens (tertiary/aromatic N) is 4. The fourth-order valence-electron chi connectivity index (χ4n) is 2.60. The molecular formula is C19H24N6O2. The standard InChI is InChI=1S/C19H24N6O2/c1-6-25(13(2)26)15-9-7-8-14(10-15)17(27)11-18(24(4)5)22-19-16(20-3)12-21-23-19/h7-12,18,27H,6H2,1-2,4-5H3,(H2,21,22,23). The Morgan fingerprint density at radius 3 is 2.81 bits per heavy atom. The van der Waals surface area contributed by atoms with Gasteiger partial charge in [-0.2, -0.15) is 5.10 Å². The Morgan fingerprint density at radius 2 is 2.22 bits per heavy atom. The monoisotopic (exact) mass is 368 g/mol. The predicted octanol–water partition coefficient (Wildman–Crippen LogP) is 3.23. The van der Waals surface area contributed by atoms with Crippen LogP contribution >= 0.6 is 0 Å². The number of hydrogen-bond donors (Lipinski definition) is 3. The third-order valence-corrected chi connectivity index (χ3v) is 4.05. The van der Waals surface area contributed by atoms with Gasteiger partial charge in [0.05, 0.1) is 12.8 Å². The number of aromatic nitrogens is 2. The number of benzene rings is 1. The summed E-state index contributed by atoms with van der Waals surface area (Å²) in [6.45, 7) is 11.1. The summed E-state index contributed by atoms with van der Waals surface area (Å²) in [4.78, 5) is 18.6. The number of aliphatic hydroxyl groups is 1. The van der Waals surface area contributed by atoms with Gasteiger partial charge in [0.2, 0.25) is 11.6 Å². The normalized spacial score (nSPS) is 12.5. The van der Waals surface area contributed by atoms with Crippen LogP contribution in [0.3, 0.4) is 0 Å². The summed E-state index contributed by atoms with van der Waals surface area (Å²) in [6, 6.07) is 7.17. The van der Waals surface area contributed by atoms with Crippen molar-refractivity contribution < 1.29 is 9.90 Å². The molecule has 3 N–H and O–H groups in total. The summed E-state index contributed by atoms with van der Waals surface area (Å²) in [7, 11) is 3.70. The molecule has 142 valence electrons. The van der Waals surface area contributed by atoms with Gasteiger partial charge in [0.25, 0.3) is 0 Å². The molecule has 1 aromatic carbocycles. The van der Waals surface area contributed by atoms with Gasteiger partial charge in [-0.3, -0.25) is 14.8 Å². The molecule has 2 rings (SSSR count).